The molecule has 1 aromatic rings. The van der Waals surface area contributed by atoms with Crippen LogP contribution in [-0.2, 0) is 16.1 Å². The first-order chi connectivity index (χ1) is 16.5. The smallest absolute Gasteiger partial charge is 0.325 e. The molecule has 0 saturated carbocycles. The normalized spacial score (nSPS) is 26.3. The van der Waals surface area contributed by atoms with Crippen molar-refractivity contribution < 1.29 is 14.3 Å². The number of rotatable bonds is 10. The predicted molar refractivity (Wildman–Crippen MR) is 135 cm³/mol. The molecule has 7 nitrogen and oxygen atoms in total. The third-order valence-corrected chi connectivity index (χ3v) is 8.01. The molecule has 7 heteroatoms. The van der Waals surface area contributed by atoms with Gasteiger partial charge in [0, 0.05) is 31.9 Å². The van der Waals surface area contributed by atoms with Gasteiger partial charge in [-0.05, 0) is 82.7 Å². The minimum atomic E-state index is -0.748. The SMILES string of the molecule is CCC[C@@]1(C2CCN(Cc3ccc(N(CC)CC)cc3)CC2)NC(=O)N(C[C@H]2CCCO2)C1=O. The van der Waals surface area contributed by atoms with Gasteiger partial charge in [0.05, 0.1) is 12.6 Å². The average molecular weight is 471 g/mol. The van der Waals surface area contributed by atoms with Crippen LogP contribution in [0.3, 0.4) is 0 Å². The van der Waals surface area contributed by atoms with Crippen molar-refractivity contribution in [1.29, 1.82) is 0 Å². The van der Waals surface area contributed by atoms with Gasteiger partial charge in [0.1, 0.15) is 5.54 Å². The molecule has 4 rings (SSSR count). The maximum Gasteiger partial charge on any atom is 0.325 e. The summed E-state index contributed by atoms with van der Waals surface area (Å²) < 4.78 is 5.71. The van der Waals surface area contributed by atoms with Gasteiger partial charge in [0.2, 0.25) is 0 Å². The Hall–Kier alpha value is -2.12. The highest BCUT2D eigenvalue weighted by molar-refractivity contribution is 6.07. The molecular weight excluding hydrogens is 428 g/mol. The quantitative estimate of drug-likeness (QED) is 0.524. The Morgan fingerprint density at radius 1 is 1.06 bits per heavy atom. The summed E-state index contributed by atoms with van der Waals surface area (Å²) >= 11 is 0. The largest absolute Gasteiger partial charge is 0.376 e. The summed E-state index contributed by atoms with van der Waals surface area (Å²) in [6.07, 6.45) is 5.35. The molecule has 3 heterocycles. The zero-order chi connectivity index (χ0) is 24.1. The Balaban J connectivity index is 1.36. The molecule has 0 aliphatic carbocycles. The van der Waals surface area contributed by atoms with Crippen LogP contribution >= 0.6 is 0 Å². The zero-order valence-electron chi connectivity index (χ0n) is 21.2. The lowest BCUT2D eigenvalue weighted by Gasteiger charge is -2.41. The van der Waals surface area contributed by atoms with Crippen LogP contribution in [0.5, 0.6) is 0 Å². The number of carbonyl (C=O) groups is 2. The van der Waals surface area contributed by atoms with E-state index >= 15 is 0 Å². The Morgan fingerprint density at radius 2 is 1.76 bits per heavy atom. The van der Waals surface area contributed by atoms with Crippen LogP contribution in [0.15, 0.2) is 24.3 Å². The number of urea groups is 1. The van der Waals surface area contributed by atoms with Crippen molar-refractivity contribution in [3.05, 3.63) is 29.8 Å². The average Bonchev–Trinajstić information content (AvgIpc) is 3.45. The summed E-state index contributed by atoms with van der Waals surface area (Å²) in [5, 5.41) is 3.16. The molecule has 0 radical (unpaired) electrons. The number of likely N-dealkylation sites (tertiary alicyclic amines) is 1. The summed E-state index contributed by atoms with van der Waals surface area (Å²) in [5.41, 5.74) is 1.85. The van der Waals surface area contributed by atoms with E-state index in [1.165, 1.54) is 16.2 Å². The van der Waals surface area contributed by atoms with Gasteiger partial charge in [-0.3, -0.25) is 14.6 Å². The van der Waals surface area contributed by atoms with Crippen LogP contribution in [0, 0.1) is 5.92 Å². The molecule has 0 aromatic heterocycles. The first-order valence-electron chi connectivity index (χ1n) is 13.3. The van der Waals surface area contributed by atoms with Crippen LogP contribution in [0.25, 0.3) is 0 Å². The van der Waals surface area contributed by atoms with Crippen molar-refractivity contribution in [3.8, 4) is 0 Å². The Bertz CT molecular complexity index is 827. The highest BCUT2D eigenvalue weighted by Gasteiger charge is 2.55. The molecule has 0 bridgehead atoms. The zero-order valence-corrected chi connectivity index (χ0v) is 21.2. The summed E-state index contributed by atoms with van der Waals surface area (Å²) in [4.78, 5) is 32.7. The van der Waals surface area contributed by atoms with Gasteiger partial charge < -0.3 is 15.0 Å². The van der Waals surface area contributed by atoms with Crippen LogP contribution in [-0.4, -0.2) is 72.7 Å². The van der Waals surface area contributed by atoms with E-state index in [2.05, 4.69) is 60.2 Å². The minimum absolute atomic E-state index is 0.0119. The first-order valence-corrected chi connectivity index (χ1v) is 13.3. The highest BCUT2D eigenvalue weighted by atomic mass is 16.5. The van der Waals surface area contributed by atoms with Crippen molar-refractivity contribution in [3.63, 3.8) is 0 Å². The Kier molecular flexibility index (Phi) is 8.14. The molecule has 0 spiro atoms. The number of ether oxygens (including phenoxy) is 1. The second kappa shape index (κ2) is 11.1. The fourth-order valence-electron chi connectivity index (χ4n) is 6.09. The second-order valence-electron chi connectivity index (χ2n) is 10.1. The van der Waals surface area contributed by atoms with Crippen molar-refractivity contribution in [2.75, 3.05) is 44.2 Å². The van der Waals surface area contributed by atoms with Gasteiger partial charge in [0.15, 0.2) is 0 Å². The fourth-order valence-corrected chi connectivity index (χ4v) is 6.09. The lowest BCUT2D eigenvalue weighted by atomic mass is 9.74. The van der Waals surface area contributed by atoms with E-state index in [0.717, 1.165) is 71.4 Å². The molecule has 0 unspecified atom stereocenters. The van der Waals surface area contributed by atoms with E-state index < -0.39 is 5.54 Å². The maximum absolute atomic E-state index is 13.6. The number of carbonyl (C=O) groups excluding carboxylic acids is 2. The Labute approximate surface area is 204 Å². The number of anilines is 1. The number of imide groups is 1. The molecule has 3 fully saturated rings. The van der Waals surface area contributed by atoms with Gasteiger partial charge in [0.25, 0.3) is 5.91 Å². The van der Waals surface area contributed by atoms with Crippen molar-refractivity contribution >= 4 is 17.6 Å². The number of amides is 3. The van der Waals surface area contributed by atoms with E-state index in [9.17, 15) is 9.59 Å². The molecule has 3 amide bonds. The van der Waals surface area contributed by atoms with Crippen molar-refractivity contribution in [2.45, 2.75) is 77.5 Å². The standard InChI is InChI=1S/C27H42N4O3/c1-4-15-27(25(32)31(26(33)28-27)20-24-8-7-18-34-24)22-13-16-29(17-14-22)19-21-9-11-23(12-10-21)30(5-2)6-3/h9-12,22,24H,4-8,13-20H2,1-3H3,(H,28,33)/t24-,27+/m1/s1. The van der Waals surface area contributed by atoms with Gasteiger partial charge in [-0.2, -0.15) is 0 Å². The molecule has 1 N–H and O–H groups in total. The number of benzene rings is 1. The molecule has 2 atom stereocenters. The molecule has 3 aliphatic rings. The summed E-state index contributed by atoms with van der Waals surface area (Å²) in [6, 6.07) is 8.69. The number of nitrogens with zero attached hydrogens (tertiary/aromatic N) is 3. The number of hydrogen-bond acceptors (Lipinski definition) is 5. The van der Waals surface area contributed by atoms with E-state index in [1.54, 1.807) is 0 Å². The van der Waals surface area contributed by atoms with Crippen LogP contribution in [0.1, 0.15) is 64.9 Å². The van der Waals surface area contributed by atoms with Gasteiger partial charge in [-0.15, -0.1) is 0 Å². The van der Waals surface area contributed by atoms with E-state index in [0.29, 0.717) is 13.0 Å². The van der Waals surface area contributed by atoms with E-state index in [-0.39, 0.29) is 24.0 Å². The molecule has 3 saturated heterocycles. The lowest BCUT2D eigenvalue weighted by Crippen LogP contribution is -2.56. The molecule has 1 aromatic carbocycles. The Morgan fingerprint density at radius 3 is 2.35 bits per heavy atom. The number of nitrogens with one attached hydrogen (secondary N) is 1. The minimum Gasteiger partial charge on any atom is -0.376 e. The van der Waals surface area contributed by atoms with Crippen molar-refractivity contribution in [2.24, 2.45) is 5.92 Å². The summed E-state index contributed by atoms with van der Waals surface area (Å²) in [6.45, 7) is 12.4. The lowest BCUT2D eigenvalue weighted by molar-refractivity contribution is -0.135. The van der Waals surface area contributed by atoms with Gasteiger partial charge >= 0.3 is 6.03 Å². The first kappa shape index (κ1) is 25.0. The topological polar surface area (TPSA) is 65.1 Å². The monoisotopic (exact) mass is 470 g/mol. The van der Waals surface area contributed by atoms with Gasteiger partial charge in [-0.1, -0.05) is 25.5 Å². The maximum atomic E-state index is 13.6. The summed E-state index contributed by atoms with van der Waals surface area (Å²) in [7, 11) is 0. The third kappa shape index (κ3) is 5.10. The van der Waals surface area contributed by atoms with E-state index in [1.807, 2.05) is 0 Å². The van der Waals surface area contributed by atoms with Crippen LogP contribution in [0.4, 0.5) is 10.5 Å². The number of piperidine rings is 1. The number of hydrogen-bond donors (Lipinski definition) is 1. The van der Waals surface area contributed by atoms with E-state index in [4.69, 9.17) is 4.74 Å². The van der Waals surface area contributed by atoms with Crippen LogP contribution in [0.2, 0.25) is 0 Å². The second-order valence-corrected chi connectivity index (χ2v) is 10.1. The highest BCUT2D eigenvalue weighted by Crippen LogP contribution is 2.37. The fraction of sp³-hybridized carbons (Fsp3) is 0.704. The molecule has 188 valence electrons. The van der Waals surface area contributed by atoms with Crippen molar-refractivity contribution in [1.82, 2.24) is 15.1 Å². The molecule has 34 heavy (non-hydrogen) atoms. The van der Waals surface area contributed by atoms with Crippen LogP contribution < -0.4 is 10.2 Å². The molecular formula is C27H42N4O3. The predicted octanol–water partition coefficient (Wildman–Crippen LogP) is 4.01. The van der Waals surface area contributed by atoms with Gasteiger partial charge in [-0.25, -0.2) is 4.79 Å². The third-order valence-electron chi connectivity index (χ3n) is 8.01. The molecule has 3 aliphatic heterocycles. The summed E-state index contributed by atoms with van der Waals surface area (Å²) in [5.74, 6) is 0.153.